The van der Waals surface area contributed by atoms with E-state index in [9.17, 15) is 4.79 Å². The SMILES string of the molecule is NC(Cn1cnc2ccsc2c1=O)c1ccccc1. The minimum atomic E-state index is -0.210. The molecule has 5 heteroatoms. The zero-order valence-corrected chi connectivity index (χ0v) is 11.0. The Morgan fingerprint density at radius 2 is 2.05 bits per heavy atom. The lowest BCUT2D eigenvalue weighted by atomic mass is 10.1. The Bertz CT molecular complexity index is 748. The first kappa shape index (κ1) is 12.1. The van der Waals surface area contributed by atoms with Crippen LogP contribution in [0.3, 0.4) is 0 Å². The van der Waals surface area contributed by atoms with Crippen LogP contribution in [0.5, 0.6) is 0 Å². The molecular weight excluding hydrogens is 258 g/mol. The molecule has 0 amide bonds. The molecule has 3 rings (SSSR count). The van der Waals surface area contributed by atoms with Gasteiger partial charge in [0.15, 0.2) is 0 Å². The lowest BCUT2D eigenvalue weighted by Crippen LogP contribution is -2.26. The minimum absolute atomic E-state index is 0.0219. The van der Waals surface area contributed by atoms with Gasteiger partial charge in [0.25, 0.3) is 5.56 Å². The predicted octanol–water partition coefficient (Wildman–Crippen LogP) is 2.16. The first-order valence-corrected chi connectivity index (χ1v) is 6.87. The summed E-state index contributed by atoms with van der Waals surface area (Å²) in [6, 6.07) is 11.4. The maximum Gasteiger partial charge on any atom is 0.271 e. The second-order valence-electron chi connectivity index (χ2n) is 4.35. The first-order valence-electron chi connectivity index (χ1n) is 5.99. The number of fused-ring (bicyclic) bond motifs is 1. The average Bonchev–Trinajstić information content (AvgIpc) is 2.92. The van der Waals surface area contributed by atoms with E-state index >= 15 is 0 Å². The third-order valence-electron chi connectivity index (χ3n) is 3.06. The quantitative estimate of drug-likeness (QED) is 0.794. The van der Waals surface area contributed by atoms with Gasteiger partial charge in [-0.2, -0.15) is 0 Å². The molecule has 0 aliphatic carbocycles. The summed E-state index contributed by atoms with van der Waals surface area (Å²) in [5.41, 5.74) is 7.87. The van der Waals surface area contributed by atoms with Crippen molar-refractivity contribution in [1.29, 1.82) is 0 Å². The van der Waals surface area contributed by atoms with Crippen molar-refractivity contribution >= 4 is 21.6 Å². The van der Waals surface area contributed by atoms with Crippen molar-refractivity contribution in [1.82, 2.24) is 9.55 Å². The van der Waals surface area contributed by atoms with Gasteiger partial charge in [-0.25, -0.2) is 4.98 Å². The molecule has 19 heavy (non-hydrogen) atoms. The number of aromatic nitrogens is 2. The Kier molecular flexibility index (Phi) is 3.15. The van der Waals surface area contributed by atoms with Gasteiger partial charge in [-0.05, 0) is 17.0 Å². The van der Waals surface area contributed by atoms with E-state index in [0.29, 0.717) is 11.2 Å². The van der Waals surface area contributed by atoms with Crippen molar-refractivity contribution in [3.8, 4) is 0 Å². The number of thiophene rings is 1. The maximum atomic E-state index is 12.2. The Labute approximate surface area is 114 Å². The van der Waals surface area contributed by atoms with Crippen LogP contribution in [0.2, 0.25) is 0 Å². The first-order chi connectivity index (χ1) is 9.25. The van der Waals surface area contributed by atoms with E-state index in [0.717, 1.165) is 11.1 Å². The van der Waals surface area contributed by atoms with Gasteiger partial charge in [0, 0.05) is 12.6 Å². The summed E-state index contributed by atoms with van der Waals surface area (Å²) >= 11 is 1.41. The van der Waals surface area contributed by atoms with Crippen molar-refractivity contribution < 1.29 is 0 Å². The standard InChI is InChI=1S/C14H13N3OS/c15-11(10-4-2-1-3-5-10)8-17-9-16-12-6-7-19-13(12)14(17)18/h1-7,9,11H,8,15H2. The zero-order chi connectivity index (χ0) is 13.2. The summed E-state index contributed by atoms with van der Waals surface area (Å²) in [4.78, 5) is 16.5. The fourth-order valence-electron chi connectivity index (χ4n) is 2.03. The average molecular weight is 271 g/mol. The number of nitrogens with zero attached hydrogens (tertiary/aromatic N) is 2. The Morgan fingerprint density at radius 3 is 2.84 bits per heavy atom. The molecule has 1 atom stereocenters. The summed E-state index contributed by atoms with van der Waals surface area (Å²) in [5.74, 6) is 0. The molecule has 0 aliphatic heterocycles. The molecule has 2 aromatic heterocycles. The molecule has 0 radical (unpaired) electrons. The maximum absolute atomic E-state index is 12.2. The third kappa shape index (κ3) is 2.30. The summed E-state index contributed by atoms with van der Waals surface area (Å²) < 4.78 is 2.26. The molecule has 0 fully saturated rings. The van der Waals surface area contributed by atoms with E-state index in [2.05, 4.69) is 4.98 Å². The van der Waals surface area contributed by atoms with Crippen molar-refractivity contribution in [3.63, 3.8) is 0 Å². The molecule has 0 aliphatic rings. The molecule has 4 nitrogen and oxygen atoms in total. The second-order valence-corrected chi connectivity index (χ2v) is 5.27. The van der Waals surface area contributed by atoms with Crippen molar-refractivity contribution in [2.24, 2.45) is 5.73 Å². The number of hydrogen-bond acceptors (Lipinski definition) is 4. The van der Waals surface area contributed by atoms with Gasteiger partial charge in [-0.3, -0.25) is 9.36 Å². The van der Waals surface area contributed by atoms with E-state index in [4.69, 9.17) is 5.73 Å². The largest absolute Gasteiger partial charge is 0.322 e. The highest BCUT2D eigenvalue weighted by molar-refractivity contribution is 7.17. The Balaban J connectivity index is 1.93. The minimum Gasteiger partial charge on any atom is -0.322 e. The number of hydrogen-bond donors (Lipinski definition) is 1. The highest BCUT2D eigenvalue weighted by atomic mass is 32.1. The van der Waals surface area contributed by atoms with Crippen LogP contribution in [0.1, 0.15) is 11.6 Å². The topological polar surface area (TPSA) is 60.9 Å². The summed E-state index contributed by atoms with van der Waals surface area (Å²) in [6.07, 6.45) is 1.57. The van der Waals surface area contributed by atoms with Gasteiger partial charge in [0.1, 0.15) is 4.70 Å². The molecule has 1 aromatic carbocycles. The van der Waals surface area contributed by atoms with Gasteiger partial charge in [0.05, 0.1) is 11.8 Å². The molecule has 0 saturated carbocycles. The summed E-state index contributed by atoms with van der Waals surface area (Å²) in [7, 11) is 0. The fourth-order valence-corrected chi connectivity index (χ4v) is 2.82. The Morgan fingerprint density at radius 1 is 1.26 bits per heavy atom. The van der Waals surface area contributed by atoms with Gasteiger partial charge >= 0.3 is 0 Å². The lowest BCUT2D eigenvalue weighted by molar-refractivity contribution is 0.559. The van der Waals surface area contributed by atoms with Gasteiger partial charge in [0.2, 0.25) is 0 Å². The van der Waals surface area contributed by atoms with E-state index < -0.39 is 0 Å². The molecule has 96 valence electrons. The number of benzene rings is 1. The molecule has 0 bridgehead atoms. The summed E-state index contributed by atoms with van der Waals surface area (Å²) in [5, 5.41) is 1.88. The third-order valence-corrected chi connectivity index (χ3v) is 3.95. The Hall–Kier alpha value is -1.98. The molecule has 2 N–H and O–H groups in total. The van der Waals surface area contributed by atoms with Crippen LogP contribution in [-0.4, -0.2) is 9.55 Å². The van der Waals surface area contributed by atoms with Crippen LogP contribution in [0, 0.1) is 0 Å². The molecule has 0 saturated heterocycles. The molecule has 2 heterocycles. The van der Waals surface area contributed by atoms with E-state index in [1.54, 1.807) is 10.9 Å². The molecule has 0 spiro atoms. The van der Waals surface area contributed by atoms with Crippen molar-refractivity contribution in [3.05, 3.63) is 64.0 Å². The van der Waals surface area contributed by atoms with Gasteiger partial charge < -0.3 is 5.73 Å². The lowest BCUT2D eigenvalue weighted by Gasteiger charge is -2.13. The highest BCUT2D eigenvalue weighted by Gasteiger charge is 2.10. The van der Waals surface area contributed by atoms with Crippen molar-refractivity contribution in [2.75, 3.05) is 0 Å². The van der Waals surface area contributed by atoms with Crippen LogP contribution in [0.4, 0.5) is 0 Å². The molecular formula is C14H13N3OS. The van der Waals surface area contributed by atoms with E-state index in [-0.39, 0.29) is 11.6 Å². The second kappa shape index (κ2) is 4.95. The monoisotopic (exact) mass is 271 g/mol. The molecule has 3 aromatic rings. The summed E-state index contributed by atoms with van der Waals surface area (Å²) in [6.45, 7) is 0.434. The normalized spacial score (nSPS) is 12.7. The smallest absolute Gasteiger partial charge is 0.271 e. The van der Waals surface area contributed by atoms with E-state index in [1.807, 2.05) is 41.8 Å². The van der Waals surface area contributed by atoms with E-state index in [1.165, 1.54) is 11.3 Å². The predicted molar refractivity (Wildman–Crippen MR) is 77.3 cm³/mol. The van der Waals surface area contributed by atoms with Crippen LogP contribution >= 0.6 is 11.3 Å². The molecule has 1 unspecified atom stereocenters. The van der Waals surface area contributed by atoms with Gasteiger partial charge in [-0.15, -0.1) is 11.3 Å². The zero-order valence-electron chi connectivity index (χ0n) is 10.2. The van der Waals surface area contributed by atoms with Crippen molar-refractivity contribution in [2.45, 2.75) is 12.6 Å². The number of nitrogens with two attached hydrogens (primary N) is 1. The highest BCUT2D eigenvalue weighted by Crippen LogP contribution is 2.15. The van der Waals surface area contributed by atoms with Crippen LogP contribution in [0.15, 0.2) is 52.9 Å². The van der Waals surface area contributed by atoms with Crippen LogP contribution < -0.4 is 11.3 Å². The van der Waals surface area contributed by atoms with Crippen LogP contribution in [-0.2, 0) is 6.54 Å². The van der Waals surface area contributed by atoms with Gasteiger partial charge in [-0.1, -0.05) is 30.3 Å². The van der Waals surface area contributed by atoms with Crippen LogP contribution in [0.25, 0.3) is 10.2 Å². The fraction of sp³-hybridized carbons (Fsp3) is 0.143. The number of rotatable bonds is 3.